The molecule has 112 valence electrons. The van der Waals surface area contributed by atoms with Crippen LogP contribution in [0.25, 0.3) is 0 Å². The van der Waals surface area contributed by atoms with Crippen molar-refractivity contribution in [2.24, 2.45) is 0 Å². The Morgan fingerprint density at radius 2 is 1.75 bits per heavy atom. The molecule has 0 fully saturated rings. The number of aliphatic hydroxyl groups is 4. The molecule has 0 aromatic heterocycles. The van der Waals surface area contributed by atoms with E-state index in [1.54, 1.807) is 0 Å². The molecular weight excluding hydrogens is 377 g/mol. The lowest BCUT2D eigenvalue weighted by atomic mass is 10.0. The molecule has 0 heterocycles. The van der Waals surface area contributed by atoms with Gasteiger partial charge in [0.25, 0.3) is 0 Å². The van der Waals surface area contributed by atoms with E-state index in [9.17, 15) is 20.1 Å². The number of aliphatic hydroxyl groups excluding tert-OH is 4. The summed E-state index contributed by atoms with van der Waals surface area (Å²) in [5.41, 5.74) is 0.918. The van der Waals surface area contributed by atoms with Crippen molar-refractivity contribution < 1.29 is 25.2 Å². The number of nitrogens with one attached hydrogen (secondary N) is 1. The Kier molecular flexibility index (Phi) is 7.56. The zero-order valence-electron chi connectivity index (χ0n) is 10.7. The predicted octanol–water partition coefficient (Wildman–Crippen LogP) is -0.977. The van der Waals surface area contributed by atoms with Gasteiger partial charge < -0.3 is 30.5 Å². The summed E-state index contributed by atoms with van der Waals surface area (Å²) in [7, 11) is 0. The van der Waals surface area contributed by atoms with Gasteiger partial charge in [-0.25, -0.2) is 0 Å². The van der Waals surface area contributed by atoms with Crippen LogP contribution in [-0.4, -0.2) is 57.7 Å². The summed E-state index contributed by atoms with van der Waals surface area (Å²) in [6.45, 7) is -0.361. The predicted molar refractivity (Wildman–Crippen MR) is 81.0 cm³/mol. The molecule has 0 radical (unpaired) electrons. The lowest BCUT2D eigenvalue weighted by Crippen LogP contribution is -2.51. The number of benzene rings is 1. The van der Waals surface area contributed by atoms with E-state index in [-0.39, 0.29) is 0 Å². The van der Waals surface area contributed by atoms with Crippen LogP contribution in [0.4, 0.5) is 0 Å². The summed E-state index contributed by atoms with van der Waals surface area (Å²) >= 11 is 2.18. The van der Waals surface area contributed by atoms with Gasteiger partial charge in [0.05, 0.1) is 12.6 Å². The van der Waals surface area contributed by atoms with Gasteiger partial charge in [-0.3, -0.25) is 0 Å². The lowest BCUT2D eigenvalue weighted by molar-refractivity contribution is -0.120. The highest BCUT2D eigenvalue weighted by Crippen LogP contribution is 2.08. The van der Waals surface area contributed by atoms with Gasteiger partial charge in [-0.2, -0.15) is 0 Å². The average molecular weight is 395 g/mol. The van der Waals surface area contributed by atoms with Crippen LogP contribution in [0.15, 0.2) is 24.3 Å². The van der Waals surface area contributed by atoms with Crippen LogP contribution in [0.3, 0.4) is 0 Å². The third-order valence-electron chi connectivity index (χ3n) is 2.90. The Bertz CT molecular complexity index is 414. The maximum absolute atomic E-state index is 11.0. The van der Waals surface area contributed by atoms with Gasteiger partial charge in [-0.15, -0.1) is 0 Å². The zero-order valence-corrected chi connectivity index (χ0v) is 12.8. The van der Waals surface area contributed by atoms with Gasteiger partial charge in [-0.1, -0.05) is 12.1 Å². The number of halogens is 1. The summed E-state index contributed by atoms with van der Waals surface area (Å²) in [6.07, 6.45) is -4.13. The Balaban J connectivity index is 2.58. The van der Waals surface area contributed by atoms with Crippen molar-refractivity contribution in [2.75, 3.05) is 6.61 Å². The summed E-state index contributed by atoms with van der Waals surface area (Å²) < 4.78 is 1.08. The highest BCUT2D eigenvalue weighted by atomic mass is 127. The molecule has 0 spiro atoms. The first-order valence-electron chi connectivity index (χ1n) is 6.07. The number of aldehydes is 1. The molecule has 7 heteroatoms. The van der Waals surface area contributed by atoms with Crippen molar-refractivity contribution >= 4 is 28.9 Å². The lowest BCUT2D eigenvalue weighted by Gasteiger charge is -2.26. The number of carbonyl (C=O) groups is 1. The molecule has 0 aliphatic heterocycles. The Labute approximate surface area is 130 Å². The van der Waals surface area contributed by atoms with Crippen molar-refractivity contribution in [2.45, 2.75) is 30.9 Å². The molecule has 0 bridgehead atoms. The minimum absolute atomic E-state index is 0.333. The van der Waals surface area contributed by atoms with E-state index in [4.69, 9.17) is 5.11 Å². The van der Waals surface area contributed by atoms with Crippen LogP contribution < -0.4 is 5.32 Å². The minimum Gasteiger partial charge on any atom is -0.394 e. The fourth-order valence-corrected chi connectivity index (χ4v) is 1.99. The second kappa shape index (κ2) is 8.65. The van der Waals surface area contributed by atoms with Gasteiger partial charge in [0, 0.05) is 10.1 Å². The van der Waals surface area contributed by atoms with Crippen LogP contribution in [0.5, 0.6) is 0 Å². The van der Waals surface area contributed by atoms with Crippen molar-refractivity contribution in [1.29, 1.82) is 0 Å². The normalized spacial score (nSPS) is 17.2. The average Bonchev–Trinajstić information content (AvgIpc) is 2.47. The second-order valence-electron chi connectivity index (χ2n) is 4.40. The third kappa shape index (κ3) is 5.08. The molecule has 1 aromatic rings. The van der Waals surface area contributed by atoms with E-state index in [0.29, 0.717) is 12.8 Å². The van der Waals surface area contributed by atoms with Crippen LogP contribution >= 0.6 is 22.6 Å². The monoisotopic (exact) mass is 395 g/mol. The van der Waals surface area contributed by atoms with E-state index in [0.717, 1.165) is 9.13 Å². The summed E-state index contributed by atoms with van der Waals surface area (Å²) in [4.78, 5) is 11.0. The molecule has 20 heavy (non-hydrogen) atoms. The number of rotatable bonds is 8. The smallest absolute Gasteiger partial charge is 0.139 e. The van der Waals surface area contributed by atoms with Crippen molar-refractivity contribution in [3.8, 4) is 0 Å². The highest BCUT2D eigenvalue weighted by molar-refractivity contribution is 14.1. The van der Waals surface area contributed by atoms with E-state index in [1.165, 1.54) is 0 Å². The Morgan fingerprint density at radius 1 is 1.15 bits per heavy atom. The van der Waals surface area contributed by atoms with Gasteiger partial charge in [0.2, 0.25) is 0 Å². The van der Waals surface area contributed by atoms with Gasteiger partial charge in [-0.05, 0) is 40.3 Å². The quantitative estimate of drug-likeness (QED) is 0.286. The van der Waals surface area contributed by atoms with Crippen LogP contribution in [-0.2, 0) is 11.3 Å². The fraction of sp³-hybridized carbons (Fsp3) is 0.462. The molecule has 0 aliphatic rings. The first-order chi connectivity index (χ1) is 9.49. The zero-order chi connectivity index (χ0) is 15.1. The molecule has 0 unspecified atom stereocenters. The van der Waals surface area contributed by atoms with Gasteiger partial charge in [0.15, 0.2) is 0 Å². The largest absolute Gasteiger partial charge is 0.394 e. The molecule has 1 aromatic carbocycles. The topological polar surface area (TPSA) is 110 Å². The van der Waals surface area contributed by atoms with Gasteiger partial charge >= 0.3 is 0 Å². The van der Waals surface area contributed by atoms with Crippen molar-refractivity contribution in [1.82, 2.24) is 5.32 Å². The summed E-state index contributed by atoms with van der Waals surface area (Å²) in [5, 5.41) is 40.1. The molecule has 6 nitrogen and oxygen atoms in total. The van der Waals surface area contributed by atoms with Crippen LogP contribution in [0.2, 0.25) is 0 Å². The molecule has 0 amide bonds. The van der Waals surface area contributed by atoms with Gasteiger partial charge in [0.1, 0.15) is 24.6 Å². The van der Waals surface area contributed by atoms with Crippen LogP contribution in [0, 0.1) is 3.57 Å². The maximum Gasteiger partial charge on any atom is 0.139 e. The molecule has 1 rings (SSSR count). The summed E-state index contributed by atoms with van der Waals surface area (Å²) in [6, 6.07) is 6.54. The minimum atomic E-state index is -1.60. The maximum atomic E-state index is 11.0. The van der Waals surface area contributed by atoms with E-state index >= 15 is 0 Å². The van der Waals surface area contributed by atoms with E-state index in [2.05, 4.69) is 27.9 Å². The molecule has 0 saturated carbocycles. The van der Waals surface area contributed by atoms with Crippen molar-refractivity contribution in [3.05, 3.63) is 33.4 Å². The molecule has 5 N–H and O–H groups in total. The first-order valence-corrected chi connectivity index (χ1v) is 7.15. The second-order valence-corrected chi connectivity index (χ2v) is 5.65. The molecular formula is C13H18INO5. The van der Waals surface area contributed by atoms with Crippen molar-refractivity contribution in [3.63, 3.8) is 0 Å². The Morgan fingerprint density at radius 3 is 2.25 bits per heavy atom. The number of hydrogen-bond donors (Lipinski definition) is 5. The fourth-order valence-electron chi connectivity index (χ4n) is 1.64. The SMILES string of the molecule is O=C[C@H](NCc1ccc(I)cc1)[C@@H](O)[C@H](O)[C@H](O)CO. The molecule has 0 aliphatic carbocycles. The standard InChI is InChI=1S/C13H18INO5/c14-9-3-1-8(2-4-9)5-15-10(6-16)12(19)13(20)11(18)7-17/h1-4,6,10-13,15,17-20H,5,7H2/t10-,11+,12+,13+/m0/s1. The molecule has 4 atom stereocenters. The third-order valence-corrected chi connectivity index (χ3v) is 3.62. The number of carbonyl (C=O) groups excluding carboxylic acids is 1. The van der Waals surface area contributed by atoms with E-state index < -0.39 is 31.0 Å². The number of hydrogen-bond acceptors (Lipinski definition) is 6. The van der Waals surface area contributed by atoms with E-state index in [1.807, 2.05) is 24.3 Å². The summed E-state index contributed by atoms with van der Waals surface area (Å²) in [5.74, 6) is 0. The highest BCUT2D eigenvalue weighted by Gasteiger charge is 2.30. The van der Waals surface area contributed by atoms with Crippen LogP contribution in [0.1, 0.15) is 5.56 Å². The Hall–Kier alpha value is -0.580. The first kappa shape index (κ1) is 17.5. The molecule has 0 saturated heterocycles.